The van der Waals surface area contributed by atoms with E-state index in [4.69, 9.17) is 10.2 Å². The molecule has 3 aromatic heterocycles. The normalized spacial score (nSPS) is 11.0. The molecule has 5 aromatic carbocycles. The van der Waals surface area contributed by atoms with Gasteiger partial charge < -0.3 is 0 Å². The number of benzene rings is 5. The van der Waals surface area contributed by atoms with E-state index in [1.54, 1.807) is 12.4 Å². The fraction of sp³-hybridized carbons (Fsp3) is 0. The molecule has 0 unspecified atom stereocenters. The Labute approximate surface area is 266 Å². The van der Waals surface area contributed by atoms with Crippen LogP contribution in [0, 0.1) is 11.3 Å². The Hall–Kier alpha value is -6.44. The molecule has 214 valence electrons. The summed E-state index contributed by atoms with van der Waals surface area (Å²) in [6.45, 7) is 0. The van der Waals surface area contributed by atoms with Gasteiger partial charge in [-0.2, -0.15) is 5.26 Å². The van der Waals surface area contributed by atoms with Crippen molar-refractivity contribution in [3.8, 4) is 62.2 Å². The van der Waals surface area contributed by atoms with E-state index in [0.717, 1.165) is 45.0 Å². The van der Waals surface area contributed by atoms with Gasteiger partial charge in [0, 0.05) is 12.4 Å². The number of fused-ring (bicyclic) bond motifs is 2. The van der Waals surface area contributed by atoms with Crippen LogP contribution in [0.1, 0.15) is 5.56 Å². The number of hydrogen-bond acceptors (Lipinski definition) is 4. The Balaban J connectivity index is 1.18. The van der Waals surface area contributed by atoms with Crippen molar-refractivity contribution in [2.45, 2.75) is 0 Å². The third-order valence-electron chi connectivity index (χ3n) is 8.39. The maximum atomic E-state index is 9.13. The number of pyridine rings is 3. The standard InChI is InChI=1S/C42H26N4/c43-27-28-10-12-29(13-11-28)30-14-15-32-23-33(17-16-31(32)22-30)34-18-19-38-35(24-34)6-5-7-37(38)36-25-41(39-8-1-3-20-44-39)46-42(26-36)40-9-2-4-21-45-40/h1-26H. The van der Waals surface area contributed by atoms with Crippen LogP contribution in [0.5, 0.6) is 0 Å². The summed E-state index contributed by atoms with van der Waals surface area (Å²) in [5, 5.41) is 13.8. The number of hydrogen-bond donors (Lipinski definition) is 0. The predicted octanol–water partition coefficient (Wildman–Crippen LogP) is 10.4. The second kappa shape index (κ2) is 11.6. The van der Waals surface area contributed by atoms with Crippen molar-refractivity contribution in [3.05, 3.63) is 164 Å². The molecule has 0 bridgehead atoms. The van der Waals surface area contributed by atoms with Gasteiger partial charge in [0.05, 0.1) is 34.4 Å². The van der Waals surface area contributed by atoms with Crippen molar-refractivity contribution in [2.24, 2.45) is 0 Å². The molecule has 0 saturated heterocycles. The highest BCUT2D eigenvalue weighted by molar-refractivity contribution is 6.00. The predicted molar refractivity (Wildman–Crippen MR) is 187 cm³/mol. The van der Waals surface area contributed by atoms with Gasteiger partial charge in [0.2, 0.25) is 0 Å². The molecular weight excluding hydrogens is 560 g/mol. The number of aromatic nitrogens is 3. The van der Waals surface area contributed by atoms with Crippen molar-refractivity contribution in [1.29, 1.82) is 5.26 Å². The largest absolute Gasteiger partial charge is 0.255 e. The molecule has 8 rings (SSSR count). The molecule has 0 aliphatic heterocycles. The number of rotatable bonds is 5. The maximum Gasteiger partial charge on any atom is 0.0991 e. The molecule has 4 heteroatoms. The molecule has 0 aliphatic carbocycles. The Morgan fingerprint density at radius 1 is 0.413 bits per heavy atom. The second-order valence-corrected chi connectivity index (χ2v) is 11.3. The minimum Gasteiger partial charge on any atom is -0.255 e. The van der Waals surface area contributed by atoms with Crippen LogP contribution >= 0.6 is 0 Å². The maximum absolute atomic E-state index is 9.13. The van der Waals surface area contributed by atoms with Gasteiger partial charge in [0.25, 0.3) is 0 Å². The van der Waals surface area contributed by atoms with E-state index in [1.165, 1.54) is 32.7 Å². The van der Waals surface area contributed by atoms with Crippen LogP contribution in [0.15, 0.2) is 158 Å². The van der Waals surface area contributed by atoms with Crippen molar-refractivity contribution in [1.82, 2.24) is 15.0 Å². The van der Waals surface area contributed by atoms with Gasteiger partial charge in [-0.3, -0.25) is 9.97 Å². The molecule has 0 radical (unpaired) electrons. The van der Waals surface area contributed by atoms with Crippen LogP contribution in [0.25, 0.3) is 77.7 Å². The number of nitrogens with zero attached hydrogens (tertiary/aromatic N) is 4. The minimum absolute atomic E-state index is 0.668. The van der Waals surface area contributed by atoms with Gasteiger partial charge in [-0.1, -0.05) is 78.9 Å². The van der Waals surface area contributed by atoms with E-state index in [0.29, 0.717) is 5.56 Å². The van der Waals surface area contributed by atoms with E-state index in [9.17, 15) is 0 Å². The highest BCUT2D eigenvalue weighted by atomic mass is 14.8. The van der Waals surface area contributed by atoms with Crippen molar-refractivity contribution < 1.29 is 0 Å². The summed E-state index contributed by atoms with van der Waals surface area (Å²) in [5.74, 6) is 0. The smallest absolute Gasteiger partial charge is 0.0991 e. The molecule has 0 N–H and O–H groups in total. The fourth-order valence-corrected chi connectivity index (χ4v) is 6.03. The van der Waals surface area contributed by atoms with Crippen LogP contribution in [0.4, 0.5) is 0 Å². The molecule has 0 saturated carbocycles. The summed E-state index contributed by atoms with van der Waals surface area (Å²) < 4.78 is 0. The second-order valence-electron chi connectivity index (χ2n) is 11.3. The van der Waals surface area contributed by atoms with Crippen molar-refractivity contribution >= 4 is 21.5 Å². The molecule has 8 aromatic rings. The fourth-order valence-electron chi connectivity index (χ4n) is 6.03. The molecule has 3 heterocycles. The van der Waals surface area contributed by atoms with Gasteiger partial charge >= 0.3 is 0 Å². The van der Waals surface area contributed by atoms with Crippen molar-refractivity contribution in [2.75, 3.05) is 0 Å². The summed E-state index contributed by atoms with van der Waals surface area (Å²) in [5.41, 5.74) is 10.7. The number of nitriles is 1. The van der Waals surface area contributed by atoms with Crippen molar-refractivity contribution in [3.63, 3.8) is 0 Å². The first-order chi connectivity index (χ1) is 22.7. The first kappa shape index (κ1) is 27.1. The molecule has 46 heavy (non-hydrogen) atoms. The molecule has 0 atom stereocenters. The van der Waals surface area contributed by atoms with E-state index >= 15 is 0 Å². The lowest BCUT2D eigenvalue weighted by Gasteiger charge is -2.13. The molecule has 0 fully saturated rings. The monoisotopic (exact) mass is 586 g/mol. The molecule has 0 spiro atoms. The van der Waals surface area contributed by atoms with E-state index in [-0.39, 0.29) is 0 Å². The summed E-state index contributed by atoms with van der Waals surface area (Å²) in [7, 11) is 0. The quantitative estimate of drug-likeness (QED) is 0.201. The lowest BCUT2D eigenvalue weighted by Crippen LogP contribution is -1.94. The zero-order valence-electron chi connectivity index (χ0n) is 24.8. The average Bonchev–Trinajstić information content (AvgIpc) is 3.14. The zero-order chi connectivity index (χ0) is 30.9. The molecule has 0 amide bonds. The summed E-state index contributed by atoms with van der Waals surface area (Å²) in [6, 6.07) is 52.3. The SMILES string of the molecule is N#Cc1ccc(-c2ccc3cc(-c4ccc5c(-c6cc(-c7ccccn7)nc(-c7ccccn7)c6)cccc5c4)ccc3c2)cc1. The third-order valence-corrected chi connectivity index (χ3v) is 8.39. The lowest BCUT2D eigenvalue weighted by atomic mass is 9.93. The lowest BCUT2D eigenvalue weighted by molar-refractivity contribution is 1.22. The Morgan fingerprint density at radius 3 is 1.57 bits per heavy atom. The van der Waals surface area contributed by atoms with Crippen LogP contribution in [0.2, 0.25) is 0 Å². The topological polar surface area (TPSA) is 62.5 Å². The van der Waals surface area contributed by atoms with E-state index in [1.807, 2.05) is 60.7 Å². The minimum atomic E-state index is 0.668. The Kier molecular flexibility index (Phi) is 6.83. The highest BCUT2D eigenvalue weighted by Gasteiger charge is 2.13. The summed E-state index contributed by atoms with van der Waals surface area (Å²) in [4.78, 5) is 14.1. The first-order valence-corrected chi connectivity index (χ1v) is 15.1. The van der Waals surface area contributed by atoms with Gasteiger partial charge in [0.1, 0.15) is 0 Å². The zero-order valence-corrected chi connectivity index (χ0v) is 24.8. The third kappa shape index (κ3) is 5.17. The van der Waals surface area contributed by atoms with Crippen LogP contribution in [-0.2, 0) is 0 Å². The van der Waals surface area contributed by atoms with Crippen LogP contribution in [-0.4, -0.2) is 15.0 Å². The van der Waals surface area contributed by atoms with Crippen LogP contribution in [0.3, 0.4) is 0 Å². The van der Waals surface area contributed by atoms with E-state index < -0.39 is 0 Å². The van der Waals surface area contributed by atoms with Gasteiger partial charge in [0.15, 0.2) is 0 Å². The van der Waals surface area contributed by atoms with Crippen LogP contribution < -0.4 is 0 Å². The Bertz CT molecular complexity index is 2350. The highest BCUT2D eigenvalue weighted by Crippen LogP contribution is 2.36. The average molecular weight is 587 g/mol. The summed E-state index contributed by atoms with van der Waals surface area (Å²) >= 11 is 0. The first-order valence-electron chi connectivity index (χ1n) is 15.1. The Morgan fingerprint density at radius 2 is 0.978 bits per heavy atom. The van der Waals surface area contributed by atoms with Gasteiger partial charge in [-0.15, -0.1) is 0 Å². The van der Waals surface area contributed by atoms with Gasteiger partial charge in [-0.25, -0.2) is 4.98 Å². The molecule has 4 nitrogen and oxygen atoms in total. The molecule has 0 aliphatic rings. The summed E-state index contributed by atoms with van der Waals surface area (Å²) in [6.07, 6.45) is 3.59. The molecular formula is C42H26N4. The van der Waals surface area contributed by atoms with E-state index in [2.05, 4.69) is 101 Å². The van der Waals surface area contributed by atoms with Gasteiger partial charge in [-0.05, 0) is 122 Å².